The Morgan fingerprint density at radius 2 is 0.887 bits per heavy atom. The van der Waals surface area contributed by atoms with Crippen molar-refractivity contribution in [2.24, 2.45) is 0 Å². The second-order valence-electron chi connectivity index (χ2n) is 16.5. The van der Waals surface area contributed by atoms with Gasteiger partial charge in [0.2, 0.25) is 0 Å². The van der Waals surface area contributed by atoms with Crippen LogP contribution in [0.3, 0.4) is 0 Å². The van der Waals surface area contributed by atoms with Gasteiger partial charge in [0.25, 0.3) is 0 Å². The van der Waals surface area contributed by atoms with Gasteiger partial charge in [0.1, 0.15) is 22.3 Å². The minimum atomic E-state index is 0.885. The topological polar surface area (TPSA) is 39.2 Å². The fourth-order valence-corrected chi connectivity index (χ4v) is 10.5. The first-order valence-corrected chi connectivity index (χ1v) is 21.2. The number of nitrogens with zero attached hydrogens (tertiary/aromatic N) is 1. The molecule has 62 heavy (non-hydrogen) atoms. The molecule has 0 amide bonds. The summed E-state index contributed by atoms with van der Waals surface area (Å²) < 4.78 is 13.7. The van der Waals surface area contributed by atoms with Gasteiger partial charge in [-0.15, -0.1) is 0 Å². The smallest absolute Gasteiger partial charge is 0.144 e. The van der Waals surface area contributed by atoms with E-state index in [-0.39, 0.29) is 0 Å². The second kappa shape index (κ2) is 12.6. The van der Waals surface area contributed by atoms with Crippen LogP contribution in [0.1, 0.15) is 0 Å². The van der Waals surface area contributed by atoms with Crippen LogP contribution in [0.2, 0.25) is 0 Å². The Morgan fingerprint density at radius 1 is 0.306 bits per heavy atom. The van der Waals surface area contributed by atoms with E-state index in [0.29, 0.717) is 0 Å². The van der Waals surface area contributed by atoms with Crippen molar-refractivity contribution >= 4 is 109 Å². The summed E-state index contributed by atoms with van der Waals surface area (Å²) in [5, 5.41) is 17.2. The van der Waals surface area contributed by atoms with Crippen molar-refractivity contribution < 1.29 is 8.83 Å². The minimum Gasteiger partial charge on any atom is -0.455 e. The lowest BCUT2D eigenvalue weighted by Crippen LogP contribution is -1.93. The monoisotopic (exact) mass is 787 g/mol. The van der Waals surface area contributed by atoms with Crippen molar-refractivity contribution in [3.05, 3.63) is 200 Å². The highest BCUT2D eigenvalue weighted by Gasteiger charge is 2.24. The average molecular weight is 788 g/mol. The number of rotatable bonds is 3. The van der Waals surface area contributed by atoms with Gasteiger partial charge >= 0.3 is 0 Å². The molecule has 0 unspecified atom stereocenters. The highest BCUT2D eigenvalue weighted by atomic mass is 16.3. The maximum atomic E-state index is 7.03. The predicted molar refractivity (Wildman–Crippen MR) is 260 cm³/mol. The number of aromatic nitrogens is 1. The molecule has 3 nitrogen and oxygen atoms in total. The van der Waals surface area contributed by atoms with Crippen LogP contribution < -0.4 is 0 Å². The Kier molecular flexibility index (Phi) is 6.83. The van der Waals surface area contributed by atoms with Crippen LogP contribution >= 0.6 is 0 Å². The van der Waals surface area contributed by atoms with E-state index in [9.17, 15) is 0 Å². The SMILES string of the molecule is c1ccc(-c2nc3cc(-c4c5ccccc5c(-c5cc6ccccc6c6c5oc5ccc7ccccc7c56)c5ccccc45)ccc3c3c2ccc2c4ccccc4oc23)cc1. The van der Waals surface area contributed by atoms with E-state index in [4.69, 9.17) is 13.8 Å². The van der Waals surface area contributed by atoms with Crippen LogP contribution in [0.5, 0.6) is 0 Å². The first kappa shape index (κ1) is 33.5. The number of benzene rings is 11. The van der Waals surface area contributed by atoms with E-state index in [1.807, 2.05) is 6.07 Å². The molecular formula is C59H33NO2. The first-order valence-electron chi connectivity index (χ1n) is 21.2. The molecular weight excluding hydrogens is 755 g/mol. The molecule has 0 spiro atoms. The molecule has 0 saturated heterocycles. The molecule has 0 saturated carbocycles. The Balaban J connectivity index is 1.09. The Labute approximate surface area is 354 Å². The molecule has 3 heterocycles. The molecule has 11 aromatic carbocycles. The lowest BCUT2D eigenvalue weighted by Gasteiger charge is -2.19. The molecule has 286 valence electrons. The largest absolute Gasteiger partial charge is 0.455 e. The highest BCUT2D eigenvalue weighted by molar-refractivity contribution is 6.32. The van der Waals surface area contributed by atoms with Crippen LogP contribution in [0.15, 0.2) is 209 Å². The molecule has 3 aromatic heterocycles. The van der Waals surface area contributed by atoms with Gasteiger partial charge in [0.15, 0.2) is 0 Å². The van der Waals surface area contributed by atoms with E-state index < -0.39 is 0 Å². The zero-order valence-electron chi connectivity index (χ0n) is 33.3. The van der Waals surface area contributed by atoms with E-state index in [1.165, 1.54) is 54.2 Å². The van der Waals surface area contributed by atoms with Crippen LogP contribution in [-0.4, -0.2) is 4.98 Å². The summed E-state index contributed by atoms with van der Waals surface area (Å²) >= 11 is 0. The van der Waals surface area contributed by atoms with Gasteiger partial charge in [-0.05, 0) is 84.5 Å². The van der Waals surface area contributed by atoms with Crippen LogP contribution in [0.25, 0.3) is 142 Å². The first-order chi connectivity index (χ1) is 30.8. The molecule has 0 radical (unpaired) electrons. The maximum absolute atomic E-state index is 7.03. The number of fused-ring (bicyclic) bond motifs is 16. The Hall–Kier alpha value is -8.27. The van der Waals surface area contributed by atoms with Gasteiger partial charge in [0, 0.05) is 54.4 Å². The third-order valence-electron chi connectivity index (χ3n) is 13.2. The lowest BCUT2D eigenvalue weighted by atomic mass is 9.84. The van der Waals surface area contributed by atoms with Crippen molar-refractivity contribution in [3.8, 4) is 33.5 Å². The number of para-hydroxylation sites is 1. The fraction of sp³-hybridized carbons (Fsp3) is 0. The zero-order chi connectivity index (χ0) is 40.5. The number of hydrogen-bond donors (Lipinski definition) is 0. The van der Waals surface area contributed by atoms with Gasteiger partial charge in [-0.2, -0.15) is 0 Å². The van der Waals surface area contributed by atoms with Crippen molar-refractivity contribution in [1.82, 2.24) is 4.98 Å². The predicted octanol–water partition coefficient (Wildman–Crippen LogP) is 16.8. The molecule has 14 aromatic rings. The molecule has 0 aliphatic carbocycles. The van der Waals surface area contributed by atoms with Crippen molar-refractivity contribution in [2.75, 3.05) is 0 Å². The van der Waals surface area contributed by atoms with Crippen LogP contribution in [0.4, 0.5) is 0 Å². The Morgan fingerprint density at radius 3 is 1.65 bits per heavy atom. The second-order valence-corrected chi connectivity index (χ2v) is 16.5. The van der Waals surface area contributed by atoms with E-state index in [2.05, 4.69) is 194 Å². The van der Waals surface area contributed by atoms with E-state index in [0.717, 1.165) is 87.9 Å². The molecule has 0 N–H and O–H groups in total. The molecule has 0 aliphatic rings. The van der Waals surface area contributed by atoms with Gasteiger partial charge in [-0.25, -0.2) is 4.98 Å². The molecule has 0 fully saturated rings. The minimum absolute atomic E-state index is 0.885. The van der Waals surface area contributed by atoms with Gasteiger partial charge < -0.3 is 8.83 Å². The Bertz CT molecular complexity index is 4160. The quantitative estimate of drug-likeness (QED) is 0.132. The fourth-order valence-electron chi connectivity index (χ4n) is 10.5. The molecule has 0 atom stereocenters. The van der Waals surface area contributed by atoms with Gasteiger partial charge in [-0.3, -0.25) is 0 Å². The van der Waals surface area contributed by atoms with Crippen molar-refractivity contribution in [1.29, 1.82) is 0 Å². The zero-order valence-corrected chi connectivity index (χ0v) is 33.3. The third-order valence-corrected chi connectivity index (χ3v) is 13.2. The van der Waals surface area contributed by atoms with Crippen LogP contribution in [0, 0.1) is 0 Å². The summed E-state index contributed by atoms with van der Waals surface area (Å²) in [4.78, 5) is 5.50. The van der Waals surface area contributed by atoms with Gasteiger partial charge in [-0.1, -0.05) is 170 Å². The van der Waals surface area contributed by atoms with E-state index >= 15 is 0 Å². The van der Waals surface area contributed by atoms with Crippen LogP contribution in [-0.2, 0) is 0 Å². The van der Waals surface area contributed by atoms with Gasteiger partial charge in [0.05, 0.1) is 11.2 Å². The van der Waals surface area contributed by atoms with E-state index in [1.54, 1.807) is 0 Å². The normalized spacial score (nSPS) is 12.2. The third kappa shape index (κ3) is 4.62. The lowest BCUT2D eigenvalue weighted by molar-refractivity contribution is 0.670. The summed E-state index contributed by atoms with van der Waals surface area (Å²) in [7, 11) is 0. The number of furan rings is 2. The van der Waals surface area contributed by atoms with Crippen molar-refractivity contribution in [2.45, 2.75) is 0 Å². The maximum Gasteiger partial charge on any atom is 0.144 e. The number of pyridine rings is 1. The molecule has 0 aliphatic heterocycles. The summed E-state index contributed by atoms with van der Waals surface area (Å²) in [5.74, 6) is 0. The number of hydrogen-bond acceptors (Lipinski definition) is 3. The summed E-state index contributed by atoms with van der Waals surface area (Å²) in [6.45, 7) is 0. The summed E-state index contributed by atoms with van der Waals surface area (Å²) in [6.07, 6.45) is 0. The average Bonchev–Trinajstić information content (AvgIpc) is 3.93. The van der Waals surface area contributed by atoms with Crippen molar-refractivity contribution in [3.63, 3.8) is 0 Å². The standard InChI is InChI=1S/C59H33NO2/c1-2-15-35(16-3-1)57-47-30-29-45-40-20-12-13-25-50(40)61-58(45)54(47)46-28-26-37(33-49(46)60-57)52-41-21-8-10-23-43(41)53(44-24-11-9-22-42(44)52)48-32-36-17-5-7-19-39(36)56-55-38-18-6-4-14-34(38)27-31-51(55)62-59(48)56/h1-33H. The summed E-state index contributed by atoms with van der Waals surface area (Å²) in [5.41, 5.74) is 11.1. The highest BCUT2D eigenvalue weighted by Crippen LogP contribution is 2.50. The summed E-state index contributed by atoms with van der Waals surface area (Å²) in [6, 6.07) is 71.8. The molecule has 0 bridgehead atoms. The molecule has 3 heteroatoms. The molecule has 14 rings (SSSR count).